The SMILES string of the molecule is CN1C=CC=CC1CN/C=C/CCC(C)(C)CC=O. The summed E-state index contributed by atoms with van der Waals surface area (Å²) >= 11 is 0. The van der Waals surface area contributed by atoms with Gasteiger partial charge in [-0.3, -0.25) is 0 Å². The van der Waals surface area contributed by atoms with Crippen LogP contribution >= 0.6 is 0 Å². The molecule has 1 rings (SSSR count). The number of carbonyl (C=O) groups is 1. The van der Waals surface area contributed by atoms with Crippen molar-refractivity contribution in [2.24, 2.45) is 5.41 Å². The molecule has 0 spiro atoms. The average Bonchev–Trinajstić information content (AvgIpc) is 2.35. The number of hydrogen-bond acceptors (Lipinski definition) is 3. The van der Waals surface area contributed by atoms with Crippen LogP contribution in [0.2, 0.25) is 0 Å². The molecule has 3 heteroatoms. The summed E-state index contributed by atoms with van der Waals surface area (Å²) < 4.78 is 0. The molecular formula is C16H26N2O. The molecule has 0 amide bonds. The van der Waals surface area contributed by atoms with Crippen LogP contribution in [-0.4, -0.2) is 30.8 Å². The van der Waals surface area contributed by atoms with E-state index in [9.17, 15) is 4.79 Å². The number of nitrogens with zero attached hydrogens (tertiary/aromatic N) is 1. The standard InChI is InChI=1S/C16H26N2O/c1-16(2,10-13-19)9-5-6-11-17-14-15-8-4-7-12-18(15)3/h4,6-8,11-13,15,17H,5,9-10,14H2,1-3H3/b11-6+. The molecule has 1 unspecified atom stereocenters. The molecule has 0 aliphatic carbocycles. The zero-order valence-corrected chi connectivity index (χ0v) is 12.3. The Hall–Kier alpha value is -1.51. The second kappa shape index (κ2) is 7.82. The lowest BCUT2D eigenvalue weighted by Crippen LogP contribution is -2.34. The highest BCUT2D eigenvalue weighted by molar-refractivity contribution is 5.50. The van der Waals surface area contributed by atoms with Crippen molar-refractivity contribution in [3.8, 4) is 0 Å². The molecule has 1 aliphatic rings. The van der Waals surface area contributed by atoms with E-state index in [1.54, 1.807) is 0 Å². The number of carbonyl (C=O) groups excluding carboxylic acids is 1. The maximum Gasteiger partial charge on any atom is 0.120 e. The van der Waals surface area contributed by atoms with E-state index >= 15 is 0 Å². The topological polar surface area (TPSA) is 32.3 Å². The van der Waals surface area contributed by atoms with E-state index < -0.39 is 0 Å². The van der Waals surface area contributed by atoms with E-state index in [1.807, 2.05) is 12.3 Å². The first-order chi connectivity index (χ1) is 9.05. The normalized spacial score (nSPS) is 19.1. The van der Waals surface area contributed by atoms with Gasteiger partial charge < -0.3 is 15.0 Å². The Labute approximate surface area is 117 Å². The van der Waals surface area contributed by atoms with Gasteiger partial charge >= 0.3 is 0 Å². The van der Waals surface area contributed by atoms with E-state index in [-0.39, 0.29) is 5.41 Å². The maximum absolute atomic E-state index is 10.5. The molecule has 0 aromatic heterocycles. The van der Waals surface area contributed by atoms with Gasteiger partial charge in [-0.05, 0) is 36.7 Å². The first-order valence-corrected chi connectivity index (χ1v) is 6.94. The molecule has 1 N–H and O–H groups in total. The van der Waals surface area contributed by atoms with Gasteiger partial charge in [-0.25, -0.2) is 0 Å². The fraction of sp³-hybridized carbons (Fsp3) is 0.562. The summed E-state index contributed by atoms with van der Waals surface area (Å²) in [5.74, 6) is 0. The van der Waals surface area contributed by atoms with E-state index in [1.165, 1.54) is 0 Å². The average molecular weight is 262 g/mol. The zero-order chi connectivity index (χ0) is 14.1. The summed E-state index contributed by atoms with van der Waals surface area (Å²) in [4.78, 5) is 12.7. The number of rotatable bonds is 8. The molecule has 0 aromatic carbocycles. The monoisotopic (exact) mass is 262 g/mol. The Morgan fingerprint density at radius 3 is 2.84 bits per heavy atom. The van der Waals surface area contributed by atoms with Gasteiger partial charge in [0, 0.05) is 20.0 Å². The van der Waals surface area contributed by atoms with Crippen LogP contribution in [0.15, 0.2) is 36.7 Å². The highest BCUT2D eigenvalue weighted by Crippen LogP contribution is 2.25. The van der Waals surface area contributed by atoms with Gasteiger partial charge in [0.1, 0.15) is 6.29 Å². The lowest BCUT2D eigenvalue weighted by molar-refractivity contribution is -0.109. The molecule has 0 bridgehead atoms. The Morgan fingerprint density at radius 2 is 2.16 bits per heavy atom. The lowest BCUT2D eigenvalue weighted by atomic mass is 9.85. The first kappa shape index (κ1) is 15.5. The second-order valence-electron chi connectivity index (χ2n) is 5.84. The molecule has 106 valence electrons. The molecule has 19 heavy (non-hydrogen) atoms. The van der Waals surface area contributed by atoms with Gasteiger partial charge in [0.2, 0.25) is 0 Å². The Kier molecular flexibility index (Phi) is 6.40. The van der Waals surface area contributed by atoms with Gasteiger partial charge in [-0.15, -0.1) is 0 Å². The van der Waals surface area contributed by atoms with Crippen LogP contribution < -0.4 is 5.32 Å². The maximum atomic E-state index is 10.5. The number of aldehydes is 1. The zero-order valence-electron chi connectivity index (χ0n) is 12.3. The van der Waals surface area contributed by atoms with Crippen LogP contribution in [0.4, 0.5) is 0 Å². The van der Waals surface area contributed by atoms with Crippen molar-refractivity contribution in [1.29, 1.82) is 0 Å². The second-order valence-corrected chi connectivity index (χ2v) is 5.84. The summed E-state index contributed by atoms with van der Waals surface area (Å²) in [5, 5.41) is 3.33. The number of hydrogen-bond donors (Lipinski definition) is 1. The van der Waals surface area contributed by atoms with Crippen molar-refractivity contribution >= 4 is 6.29 Å². The molecule has 0 aromatic rings. The summed E-state index contributed by atoms with van der Waals surface area (Å²) in [6.07, 6.45) is 16.3. The molecule has 1 heterocycles. The van der Waals surface area contributed by atoms with Crippen molar-refractivity contribution in [3.63, 3.8) is 0 Å². The molecule has 0 saturated carbocycles. The van der Waals surface area contributed by atoms with E-state index in [0.717, 1.165) is 25.7 Å². The summed E-state index contributed by atoms with van der Waals surface area (Å²) in [6.45, 7) is 5.18. The Morgan fingerprint density at radius 1 is 1.37 bits per heavy atom. The summed E-state index contributed by atoms with van der Waals surface area (Å²) in [5.41, 5.74) is 0.114. The van der Waals surface area contributed by atoms with E-state index in [2.05, 4.69) is 55.5 Å². The number of likely N-dealkylation sites (N-methyl/N-ethyl adjacent to an activating group) is 1. The predicted octanol–water partition coefficient (Wildman–Crippen LogP) is 2.87. The molecule has 0 radical (unpaired) electrons. The predicted molar refractivity (Wildman–Crippen MR) is 80.7 cm³/mol. The summed E-state index contributed by atoms with van der Waals surface area (Å²) in [6, 6.07) is 0.418. The van der Waals surface area contributed by atoms with Crippen LogP contribution in [0.3, 0.4) is 0 Å². The van der Waals surface area contributed by atoms with Crippen LogP contribution in [0.1, 0.15) is 33.1 Å². The minimum atomic E-state index is 0.114. The molecule has 0 fully saturated rings. The van der Waals surface area contributed by atoms with Crippen LogP contribution in [0.25, 0.3) is 0 Å². The third kappa shape index (κ3) is 6.27. The highest BCUT2D eigenvalue weighted by Gasteiger charge is 2.15. The minimum absolute atomic E-state index is 0.114. The molecular weight excluding hydrogens is 236 g/mol. The lowest BCUT2D eigenvalue weighted by Gasteiger charge is -2.26. The van der Waals surface area contributed by atoms with Crippen molar-refractivity contribution in [3.05, 3.63) is 36.7 Å². The molecule has 1 aliphatic heterocycles. The van der Waals surface area contributed by atoms with Crippen molar-refractivity contribution in [1.82, 2.24) is 10.2 Å². The Balaban J connectivity index is 2.16. The quantitative estimate of drug-likeness (QED) is 0.683. The number of allylic oxidation sites excluding steroid dienone is 3. The minimum Gasteiger partial charge on any atom is -0.389 e. The molecule has 3 nitrogen and oxygen atoms in total. The smallest absolute Gasteiger partial charge is 0.120 e. The van der Waals surface area contributed by atoms with Gasteiger partial charge in [0.25, 0.3) is 0 Å². The fourth-order valence-corrected chi connectivity index (χ4v) is 1.99. The van der Waals surface area contributed by atoms with Gasteiger partial charge in [0.15, 0.2) is 0 Å². The largest absolute Gasteiger partial charge is 0.389 e. The van der Waals surface area contributed by atoms with Crippen LogP contribution in [0, 0.1) is 5.41 Å². The summed E-state index contributed by atoms with van der Waals surface area (Å²) in [7, 11) is 2.08. The Bertz CT molecular complexity index is 356. The van der Waals surface area contributed by atoms with Crippen molar-refractivity contribution in [2.75, 3.05) is 13.6 Å². The highest BCUT2D eigenvalue weighted by atomic mass is 16.1. The molecule has 0 saturated heterocycles. The van der Waals surface area contributed by atoms with Gasteiger partial charge in [0.05, 0.1) is 6.04 Å². The van der Waals surface area contributed by atoms with E-state index in [4.69, 9.17) is 0 Å². The van der Waals surface area contributed by atoms with Crippen molar-refractivity contribution < 1.29 is 4.79 Å². The van der Waals surface area contributed by atoms with Crippen LogP contribution in [-0.2, 0) is 4.79 Å². The fourth-order valence-electron chi connectivity index (χ4n) is 1.99. The molecule has 1 atom stereocenters. The van der Waals surface area contributed by atoms with Gasteiger partial charge in [-0.1, -0.05) is 32.1 Å². The first-order valence-electron chi connectivity index (χ1n) is 6.94. The van der Waals surface area contributed by atoms with E-state index in [0.29, 0.717) is 12.5 Å². The van der Waals surface area contributed by atoms with Gasteiger partial charge in [-0.2, -0.15) is 0 Å². The third-order valence-corrected chi connectivity index (χ3v) is 3.48. The van der Waals surface area contributed by atoms with Crippen LogP contribution in [0.5, 0.6) is 0 Å². The number of nitrogens with one attached hydrogen (secondary N) is 1. The third-order valence-electron chi connectivity index (χ3n) is 3.48. The van der Waals surface area contributed by atoms with Crippen molar-refractivity contribution in [2.45, 2.75) is 39.2 Å².